The second-order valence-corrected chi connectivity index (χ2v) is 4.43. The lowest BCUT2D eigenvalue weighted by atomic mass is 10.3. The molecule has 1 N–H and O–H groups in total. The quantitative estimate of drug-likeness (QED) is 0.922. The number of hydrogen-bond acceptors (Lipinski definition) is 4. The van der Waals surface area contributed by atoms with Crippen molar-refractivity contribution < 1.29 is 13.5 Å². The van der Waals surface area contributed by atoms with Crippen LogP contribution in [0.4, 0.5) is 20.3 Å². The Balaban J connectivity index is 2.37. The molecule has 0 aliphatic carbocycles. The number of halogens is 3. The maximum absolute atomic E-state index is 12.7. The summed E-state index contributed by atoms with van der Waals surface area (Å²) in [6, 6.07) is 6.16. The third-order valence-corrected chi connectivity index (χ3v) is 2.74. The average molecular weight is 300 g/mol. The molecule has 4 nitrogen and oxygen atoms in total. The number of nitrogens with zero attached hydrogens (tertiary/aromatic N) is 2. The van der Waals surface area contributed by atoms with Gasteiger partial charge in [-0.25, -0.2) is 18.7 Å². The van der Waals surface area contributed by atoms with Crippen LogP contribution >= 0.6 is 11.6 Å². The highest BCUT2D eigenvalue weighted by Gasteiger charge is 2.13. The molecule has 0 saturated heterocycles. The minimum absolute atomic E-state index is 0.256. The first-order valence-corrected chi connectivity index (χ1v) is 6.11. The maximum atomic E-state index is 12.7. The van der Waals surface area contributed by atoms with E-state index in [2.05, 4.69) is 15.3 Å². The highest BCUT2D eigenvalue weighted by atomic mass is 35.5. The molecule has 0 saturated carbocycles. The zero-order valence-electron chi connectivity index (χ0n) is 10.8. The Morgan fingerprint density at radius 1 is 1.25 bits per heavy atom. The lowest BCUT2D eigenvalue weighted by molar-refractivity contribution is 0.145. The van der Waals surface area contributed by atoms with Crippen LogP contribution in [0.25, 0.3) is 0 Å². The van der Waals surface area contributed by atoms with Gasteiger partial charge in [0.25, 0.3) is 6.43 Å². The van der Waals surface area contributed by atoms with Crippen LogP contribution in [-0.4, -0.2) is 17.1 Å². The van der Waals surface area contributed by atoms with Gasteiger partial charge < -0.3 is 10.1 Å². The molecule has 0 atom stereocenters. The van der Waals surface area contributed by atoms with E-state index in [-0.39, 0.29) is 17.3 Å². The number of ether oxygens (including phenoxy) is 1. The summed E-state index contributed by atoms with van der Waals surface area (Å²) < 4.78 is 30.6. The highest BCUT2D eigenvalue weighted by molar-refractivity contribution is 6.31. The molecule has 106 valence electrons. The van der Waals surface area contributed by atoms with E-state index < -0.39 is 6.43 Å². The normalized spacial score (nSPS) is 10.7. The van der Waals surface area contributed by atoms with E-state index in [0.717, 1.165) is 0 Å². The number of benzene rings is 1. The van der Waals surface area contributed by atoms with Gasteiger partial charge in [-0.1, -0.05) is 11.6 Å². The van der Waals surface area contributed by atoms with Crippen LogP contribution in [0.5, 0.6) is 5.75 Å². The zero-order chi connectivity index (χ0) is 14.7. The van der Waals surface area contributed by atoms with Crippen molar-refractivity contribution in [1.82, 2.24) is 9.97 Å². The number of alkyl halides is 2. The molecule has 20 heavy (non-hydrogen) atoms. The number of anilines is 2. The second kappa shape index (κ2) is 6.00. The third kappa shape index (κ3) is 3.33. The fourth-order valence-corrected chi connectivity index (χ4v) is 1.85. The molecule has 2 rings (SSSR count). The van der Waals surface area contributed by atoms with Crippen molar-refractivity contribution in [3.05, 3.63) is 40.8 Å². The maximum Gasteiger partial charge on any atom is 0.280 e. The van der Waals surface area contributed by atoms with E-state index in [4.69, 9.17) is 16.3 Å². The standard InChI is InChI=1S/C13H12ClF2N3O/c1-7-17-10(13(15)16)6-12(18-7)19-9-5-8(14)3-4-11(9)20-2/h3-6,13H,1-2H3,(H,17,18,19). The van der Waals surface area contributed by atoms with E-state index in [1.54, 1.807) is 25.1 Å². The molecule has 2 aromatic rings. The van der Waals surface area contributed by atoms with Gasteiger partial charge >= 0.3 is 0 Å². The van der Waals surface area contributed by atoms with Gasteiger partial charge in [-0.15, -0.1) is 0 Å². The number of rotatable bonds is 4. The summed E-state index contributed by atoms with van der Waals surface area (Å²) in [5.74, 6) is 1.05. The Kier molecular flexibility index (Phi) is 4.34. The molecular formula is C13H12ClF2N3O. The average Bonchev–Trinajstić information content (AvgIpc) is 2.38. The van der Waals surface area contributed by atoms with Gasteiger partial charge in [-0.3, -0.25) is 0 Å². The number of methoxy groups -OCH3 is 1. The van der Waals surface area contributed by atoms with Crippen LogP contribution in [0, 0.1) is 6.92 Å². The molecule has 0 spiro atoms. The van der Waals surface area contributed by atoms with Crippen LogP contribution in [0.3, 0.4) is 0 Å². The Labute approximate surface area is 119 Å². The largest absolute Gasteiger partial charge is 0.495 e. The van der Waals surface area contributed by atoms with E-state index in [1.165, 1.54) is 13.2 Å². The van der Waals surface area contributed by atoms with Crippen molar-refractivity contribution in [2.45, 2.75) is 13.3 Å². The Bertz CT molecular complexity index is 623. The second-order valence-electron chi connectivity index (χ2n) is 4.00. The van der Waals surface area contributed by atoms with Crippen molar-refractivity contribution in [1.29, 1.82) is 0 Å². The van der Waals surface area contributed by atoms with E-state index in [0.29, 0.717) is 16.5 Å². The molecule has 1 aromatic carbocycles. The molecule has 0 radical (unpaired) electrons. The summed E-state index contributed by atoms with van der Waals surface area (Å²) in [4.78, 5) is 7.74. The van der Waals surface area contributed by atoms with Crippen LogP contribution in [0.15, 0.2) is 24.3 Å². The molecule has 1 aromatic heterocycles. The highest BCUT2D eigenvalue weighted by Crippen LogP contribution is 2.30. The fraction of sp³-hybridized carbons (Fsp3) is 0.231. The van der Waals surface area contributed by atoms with Gasteiger partial charge in [0.05, 0.1) is 12.8 Å². The van der Waals surface area contributed by atoms with Crippen LogP contribution in [0.2, 0.25) is 5.02 Å². The van der Waals surface area contributed by atoms with Gasteiger partial charge in [-0.05, 0) is 25.1 Å². The molecule has 1 heterocycles. The predicted molar refractivity (Wildman–Crippen MR) is 73.0 cm³/mol. The molecule has 0 fully saturated rings. The molecular weight excluding hydrogens is 288 g/mol. The topological polar surface area (TPSA) is 47.0 Å². The smallest absolute Gasteiger partial charge is 0.280 e. The summed E-state index contributed by atoms with van der Waals surface area (Å²) in [5, 5.41) is 3.40. The van der Waals surface area contributed by atoms with Gasteiger partial charge in [0.15, 0.2) is 0 Å². The summed E-state index contributed by atoms with van der Waals surface area (Å²) in [6.45, 7) is 1.55. The molecule has 0 amide bonds. The minimum Gasteiger partial charge on any atom is -0.495 e. The number of nitrogens with one attached hydrogen (secondary N) is 1. The Hall–Kier alpha value is -1.95. The third-order valence-electron chi connectivity index (χ3n) is 2.51. The molecule has 0 bridgehead atoms. The van der Waals surface area contributed by atoms with Crippen molar-refractivity contribution in [2.75, 3.05) is 12.4 Å². The van der Waals surface area contributed by atoms with E-state index in [1.807, 2.05) is 0 Å². The number of aromatic nitrogens is 2. The first kappa shape index (κ1) is 14.5. The molecule has 0 aliphatic heterocycles. The number of aryl methyl sites for hydroxylation is 1. The summed E-state index contributed by atoms with van der Waals surface area (Å²) in [7, 11) is 1.50. The summed E-state index contributed by atoms with van der Waals surface area (Å²) >= 11 is 5.90. The van der Waals surface area contributed by atoms with Crippen LogP contribution < -0.4 is 10.1 Å². The van der Waals surface area contributed by atoms with Crippen LogP contribution in [-0.2, 0) is 0 Å². The monoisotopic (exact) mass is 299 g/mol. The van der Waals surface area contributed by atoms with Crippen molar-refractivity contribution in [3.8, 4) is 5.75 Å². The van der Waals surface area contributed by atoms with Crippen molar-refractivity contribution >= 4 is 23.1 Å². The van der Waals surface area contributed by atoms with Gasteiger partial charge in [0.1, 0.15) is 23.1 Å². The number of hydrogen-bond donors (Lipinski definition) is 1. The fourth-order valence-electron chi connectivity index (χ4n) is 1.68. The Morgan fingerprint density at radius 3 is 2.65 bits per heavy atom. The van der Waals surface area contributed by atoms with E-state index in [9.17, 15) is 8.78 Å². The SMILES string of the molecule is COc1ccc(Cl)cc1Nc1cc(C(F)F)nc(C)n1. The van der Waals surface area contributed by atoms with Crippen molar-refractivity contribution in [2.24, 2.45) is 0 Å². The first-order valence-electron chi connectivity index (χ1n) is 5.74. The van der Waals surface area contributed by atoms with Crippen molar-refractivity contribution in [3.63, 3.8) is 0 Å². The minimum atomic E-state index is -2.65. The summed E-state index contributed by atoms with van der Waals surface area (Å²) in [6.07, 6.45) is -2.65. The molecule has 0 aliphatic rings. The van der Waals surface area contributed by atoms with Crippen LogP contribution in [0.1, 0.15) is 17.9 Å². The lowest BCUT2D eigenvalue weighted by Crippen LogP contribution is -2.02. The zero-order valence-corrected chi connectivity index (χ0v) is 11.6. The summed E-state index contributed by atoms with van der Waals surface area (Å²) in [5.41, 5.74) is 0.208. The van der Waals surface area contributed by atoms with Gasteiger partial charge in [0.2, 0.25) is 0 Å². The molecule has 0 unspecified atom stereocenters. The molecule has 7 heteroatoms. The first-order chi connectivity index (χ1) is 9.49. The van der Waals surface area contributed by atoms with Gasteiger partial charge in [0, 0.05) is 11.1 Å². The Morgan fingerprint density at radius 2 is 2.00 bits per heavy atom. The predicted octanol–water partition coefficient (Wildman–Crippen LogP) is 4.13. The van der Waals surface area contributed by atoms with Gasteiger partial charge in [-0.2, -0.15) is 0 Å². The van der Waals surface area contributed by atoms with E-state index >= 15 is 0 Å². The lowest BCUT2D eigenvalue weighted by Gasteiger charge is -2.12.